The molecule has 1 saturated heterocycles. The van der Waals surface area contributed by atoms with Crippen molar-refractivity contribution in [2.24, 2.45) is 0 Å². The Morgan fingerprint density at radius 3 is 2.52 bits per heavy atom. The molecule has 1 fully saturated rings. The monoisotopic (exact) mass is 440 g/mol. The van der Waals surface area contributed by atoms with Crippen LogP contribution in [0, 0.1) is 5.82 Å². The third-order valence-electron chi connectivity index (χ3n) is 4.84. The second kappa shape index (κ2) is 9.11. The van der Waals surface area contributed by atoms with Crippen molar-refractivity contribution in [3.63, 3.8) is 0 Å². The van der Waals surface area contributed by atoms with Crippen LogP contribution in [0.5, 0.6) is 5.75 Å². The lowest BCUT2D eigenvalue weighted by Crippen LogP contribution is -2.38. The molecule has 29 heavy (non-hydrogen) atoms. The van der Waals surface area contributed by atoms with Crippen molar-refractivity contribution < 1.29 is 22.3 Å². The number of hydrogen-bond acceptors (Lipinski definition) is 4. The van der Waals surface area contributed by atoms with Crippen LogP contribution in [0.15, 0.2) is 47.4 Å². The molecule has 0 bridgehead atoms. The lowest BCUT2D eigenvalue weighted by Gasteiger charge is -2.22. The Morgan fingerprint density at radius 1 is 1.10 bits per heavy atom. The highest BCUT2D eigenvalue weighted by Gasteiger charge is 2.28. The van der Waals surface area contributed by atoms with Crippen LogP contribution in [0.1, 0.15) is 12.0 Å². The number of ether oxygens (including phenoxy) is 1. The smallest absolute Gasteiger partial charge is 0.243 e. The lowest BCUT2D eigenvalue weighted by atomic mass is 10.1. The van der Waals surface area contributed by atoms with Crippen molar-refractivity contribution in [2.45, 2.75) is 17.7 Å². The molecule has 0 radical (unpaired) electrons. The molecule has 0 aliphatic carbocycles. The molecule has 1 aliphatic rings. The van der Waals surface area contributed by atoms with Gasteiger partial charge in [-0.15, -0.1) is 0 Å². The van der Waals surface area contributed by atoms with Crippen LogP contribution in [0.2, 0.25) is 5.02 Å². The zero-order chi connectivity index (χ0) is 21.0. The Morgan fingerprint density at radius 2 is 1.83 bits per heavy atom. The van der Waals surface area contributed by atoms with Gasteiger partial charge < -0.3 is 9.64 Å². The third kappa shape index (κ3) is 5.07. The first-order valence-electron chi connectivity index (χ1n) is 9.17. The largest absolute Gasteiger partial charge is 0.496 e. The van der Waals surface area contributed by atoms with E-state index in [2.05, 4.69) is 0 Å². The van der Waals surface area contributed by atoms with E-state index in [1.54, 1.807) is 23.1 Å². The van der Waals surface area contributed by atoms with Crippen molar-refractivity contribution in [3.8, 4) is 5.75 Å². The second-order valence-electron chi connectivity index (χ2n) is 6.73. The van der Waals surface area contributed by atoms with Crippen LogP contribution >= 0.6 is 11.6 Å². The van der Waals surface area contributed by atoms with Gasteiger partial charge in [-0.05, 0) is 48.9 Å². The van der Waals surface area contributed by atoms with Crippen molar-refractivity contribution in [3.05, 3.63) is 58.9 Å². The summed E-state index contributed by atoms with van der Waals surface area (Å²) >= 11 is 6.03. The van der Waals surface area contributed by atoms with E-state index in [-0.39, 0.29) is 30.3 Å². The van der Waals surface area contributed by atoms with Crippen molar-refractivity contribution in [1.82, 2.24) is 9.21 Å². The molecule has 9 heteroatoms. The van der Waals surface area contributed by atoms with E-state index in [0.29, 0.717) is 35.8 Å². The topological polar surface area (TPSA) is 66.9 Å². The third-order valence-corrected chi connectivity index (χ3v) is 6.99. The van der Waals surface area contributed by atoms with Crippen molar-refractivity contribution in [2.75, 3.05) is 33.3 Å². The van der Waals surface area contributed by atoms with Gasteiger partial charge in [0.15, 0.2) is 0 Å². The van der Waals surface area contributed by atoms with Gasteiger partial charge in [0.25, 0.3) is 0 Å². The molecule has 1 heterocycles. The number of carbonyl (C=O) groups excluding carboxylic acids is 1. The first-order chi connectivity index (χ1) is 13.8. The molecule has 0 saturated carbocycles. The molecule has 6 nitrogen and oxygen atoms in total. The number of sulfonamides is 1. The fourth-order valence-corrected chi connectivity index (χ4v) is 4.96. The number of rotatable bonds is 5. The molecular weight excluding hydrogens is 419 g/mol. The van der Waals surface area contributed by atoms with Crippen molar-refractivity contribution >= 4 is 27.5 Å². The van der Waals surface area contributed by atoms with E-state index in [1.165, 1.54) is 23.5 Å². The number of nitrogens with zero attached hydrogens (tertiary/aromatic N) is 2. The molecule has 2 aromatic carbocycles. The van der Waals surface area contributed by atoms with E-state index in [1.807, 2.05) is 0 Å². The molecule has 2 aromatic rings. The summed E-state index contributed by atoms with van der Waals surface area (Å²) in [6, 6.07) is 9.86. The highest BCUT2D eigenvalue weighted by Crippen LogP contribution is 2.24. The van der Waals surface area contributed by atoms with Crippen molar-refractivity contribution in [1.29, 1.82) is 0 Å². The van der Waals surface area contributed by atoms with Crippen LogP contribution in [0.4, 0.5) is 4.39 Å². The van der Waals surface area contributed by atoms with E-state index in [9.17, 15) is 17.6 Å². The Hall–Kier alpha value is -2.16. The summed E-state index contributed by atoms with van der Waals surface area (Å²) in [5, 5.41) is 0.515. The first-order valence-corrected chi connectivity index (χ1v) is 11.0. The predicted octanol–water partition coefficient (Wildman–Crippen LogP) is 2.95. The van der Waals surface area contributed by atoms with Gasteiger partial charge in [-0.3, -0.25) is 4.79 Å². The summed E-state index contributed by atoms with van der Waals surface area (Å²) in [5.74, 6) is -0.0299. The van der Waals surface area contributed by atoms with Gasteiger partial charge in [-0.1, -0.05) is 11.6 Å². The van der Waals surface area contributed by atoms with Gasteiger partial charge in [0.1, 0.15) is 11.6 Å². The van der Waals surface area contributed by atoms with E-state index < -0.39 is 15.8 Å². The van der Waals surface area contributed by atoms with E-state index >= 15 is 0 Å². The maximum absolute atomic E-state index is 13.1. The van der Waals surface area contributed by atoms with Gasteiger partial charge >= 0.3 is 0 Å². The number of amides is 1. The molecular formula is C20H22ClFN2O4S. The minimum absolute atomic E-state index is 0.0438. The fraction of sp³-hybridized carbons (Fsp3) is 0.350. The normalized spacial score (nSPS) is 15.8. The minimum atomic E-state index is -3.74. The average molecular weight is 441 g/mol. The molecule has 0 spiro atoms. The van der Waals surface area contributed by atoms with Gasteiger partial charge in [0.2, 0.25) is 15.9 Å². The zero-order valence-electron chi connectivity index (χ0n) is 16.0. The highest BCUT2D eigenvalue weighted by molar-refractivity contribution is 7.89. The lowest BCUT2D eigenvalue weighted by molar-refractivity contribution is -0.130. The maximum atomic E-state index is 13.1. The Labute approximate surface area is 174 Å². The van der Waals surface area contributed by atoms with E-state index in [4.69, 9.17) is 16.3 Å². The summed E-state index contributed by atoms with van der Waals surface area (Å²) in [6.07, 6.45) is 0.632. The molecule has 156 valence electrons. The van der Waals surface area contributed by atoms with E-state index in [0.717, 1.165) is 12.1 Å². The molecule has 0 unspecified atom stereocenters. The average Bonchev–Trinajstić information content (AvgIpc) is 2.95. The Bertz CT molecular complexity index is 982. The number of halogens is 2. The number of carbonyl (C=O) groups is 1. The first kappa shape index (κ1) is 21.5. The van der Waals surface area contributed by atoms with Crippen LogP contribution in [0.25, 0.3) is 0 Å². The second-order valence-corrected chi connectivity index (χ2v) is 9.10. The van der Waals surface area contributed by atoms with Crippen LogP contribution in [0.3, 0.4) is 0 Å². The molecule has 0 N–H and O–H groups in total. The summed E-state index contributed by atoms with van der Waals surface area (Å²) in [4.78, 5) is 14.5. The fourth-order valence-electron chi connectivity index (χ4n) is 3.30. The van der Waals surface area contributed by atoms with Gasteiger partial charge in [-0.25, -0.2) is 12.8 Å². The molecule has 3 rings (SSSR count). The highest BCUT2D eigenvalue weighted by atomic mass is 35.5. The predicted molar refractivity (Wildman–Crippen MR) is 108 cm³/mol. The van der Waals surface area contributed by atoms with Crippen LogP contribution in [-0.2, 0) is 21.2 Å². The SMILES string of the molecule is COc1ccc(Cl)cc1CC(=O)N1CCCN(S(=O)(=O)c2ccc(F)cc2)CC1. The molecule has 1 amide bonds. The summed E-state index contributed by atoms with van der Waals surface area (Å²) < 4.78 is 45.4. The van der Waals surface area contributed by atoms with Gasteiger partial charge in [-0.2, -0.15) is 4.31 Å². The van der Waals surface area contributed by atoms with Gasteiger partial charge in [0, 0.05) is 36.8 Å². The number of benzene rings is 2. The molecule has 0 aromatic heterocycles. The summed E-state index contributed by atoms with van der Waals surface area (Å²) in [6.45, 7) is 1.21. The number of methoxy groups -OCH3 is 1. The van der Waals surface area contributed by atoms with Gasteiger partial charge in [0.05, 0.1) is 18.4 Å². The Balaban J connectivity index is 1.69. The quantitative estimate of drug-likeness (QED) is 0.717. The number of hydrogen-bond donors (Lipinski definition) is 0. The van der Waals surface area contributed by atoms with Crippen LogP contribution in [-0.4, -0.2) is 56.8 Å². The maximum Gasteiger partial charge on any atom is 0.243 e. The summed E-state index contributed by atoms with van der Waals surface area (Å²) in [7, 11) is -2.21. The molecule has 0 atom stereocenters. The summed E-state index contributed by atoms with van der Waals surface area (Å²) in [5.41, 5.74) is 0.685. The Kier molecular flexibility index (Phi) is 6.77. The standard InChI is InChI=1S/C20H22ClFN2O4S/c1-28-19-8-3-16(21)13-15(19)14-20(25)23-9-2-10-24(12-11-23)29(26,27)18-6-4-17(22)5-7-18/h3-8,13H,2,9-12,14H2,1H3. The minimum Gasteiger partial charge on any atom is -0.496 e. The molecule has 1 aliphatic heterocycles. The zero-order valence-corrected chi connectivity index (χ0v) is 17.5. The van der Waals surface area contributed by atoms with Crippen LogP contribution < -0.4 is 4.74 Å².